The molecule has 1 aromatic rings. The maximum atomic E-state index is 5.88. The lowest BCUT2D eigenvalue weighted by molar-refractivity contribution is 0.348. The maximum absolute atomic E-state index is 5.88. The minimum Gasteiger partial charge on any atom is -0.368 e. The highest BCUT2D eigenvalue weighted by Crippen LogP contribution is 2.38. The summed E-state index contributed by atoms with van der Waals surface area (Å²) in [4.78, 5) is 15.4. The highest BCUT2D eigenvalue weighted by molar-refractivity contribution is 5.43. The minimum absolute atomic E-state index is 0.284. The molecule has 0 bridgehead atoms. The maximum Gasteiger partial charge on any atom is 0.231 e. The van der Waals surface area contributed by atoms with Crippen LogP contribution in [0.15, 0.2) is 0 Å². The van der Waals surface area contributed by atoms with Gasteiger partial charge in [-0.25, -0.2) is 0 Å². The van der Waals surface area contributed by atoms with Gasteiger partial charge in [0.2, 0.25) is 17.8 Å². The average molecular weight is 290 g/mol. The Balaban J connectivity index is 1.77. The molecule has 0 radical (unpaired) electrons. The smallest absolute Gasteiger partial charge is 0.231 e. The Morgan fingerprint density at radius 1 is 1.10 bits per heavy atom. The topological polar surface area (TPSA) is 80.0 Å². The van der Waals surface area contributed by atoms with Crippen molar-refractivity contribution < 1.29 is 0 Å². The third kappa shape index (κ3) is 3.19. The average Bonchev–Trinajstić information content (AvgIpc) is 2.78. The minimum atomic E-state index is 0.284. The van der Waals surface area contributed by atoms with Gasteiger partial charge in [-0.05, 0) is 37.5 Å². The molecular formula is C15H26N6. The number of anilines is 3. The highest BCUT2D eigenvalue weighted by atomic mass is 15.3. The second-order valence-corrected chi connectivity index (χ2v) is 6.94. The molecule has 116 valence electrons. The molecule has 2 heterocycles. The van der Waals surface area contributed by atoms with Crippen LogP contribution in [-0.2, 0) is 0 Å². The predicted octanol–water partition coefficient (Wildman–Crippen LogP) is 2.43. The van der Waals surface area contributed by atoms with Crippen LogP contribution in [0.25, 0.3) is 0 Å². The van der Waals surface area contributed by atoms with E-state index in [0.717, 1.165) is 25.5 Å². The highest BCUT2D eigenvalue weighted by Gasteiger charge is 2.35. The summed E-state index contributed by atoms with van der Waals surface area (Å²) in [5.41, 5.74) is 6.16. The van der Waals surface area contributed by atoms with Crippen LogP contribution >= 0.6 is 0 Å². The van der Waals surface area contributed by atoms with Gasteiger partial charge in [0, 0.05) is 19.1 Å². The van der Waals surface area contributed by atoms with Crippen LogP contribution in [0.2, 0.25) is 0 Å². The molecule has 1 aliphatic heterocycles. The van der Waals surface area contributed by atoms with E-state index in [1.54, 1.807) is 0 Å². The Morgan fingerprint density at radius 3 is 2.52 bits per heavy atom. The molecular weight excluding hydrogens is 264 g/mol. The second kappa shape index (κ2) is 5.66. The summed E-state index contributed by atoms with van der Waals surface area (Å²) in [7, 11) is 0. The summed E-state index contributed by atoms with van der Waals surface area (Å²) in [5, 5.41) is 3.48. The zero-order valence-electron chi connectivity index (χ0n) is 13.1. The molecule has 2 fully saturated rings. The van der Waals surface area contributed by atoms with E-state index in [4.69, 9.17) is 5.73 Å². The van der Waals surface area contributed by atoms with Gasteiger partial charge in [-0.15, -0.1) is 0 Å². The molecule has 6 nitrogen and oxygen atoms in total. The largest absolute Gasteiger partial charge is 0.368 e. The van der Waals surface area contributed by atoms with Crippen molar-refractivity contribution in [1.82, 2.24) is 15.0 Å². The van der Waals surface area contributed by atoms with Crippen LogP contribution in [0, 0.1) is 5.41 Å². The van der Waals surface area contributed by atoms with Crippen LogP contribution < -0.4 is 16.0 Å². The summed E-state index contributed by atoms with van der Waals surface area (Å²) < 4.78 is 0. The van der Waals surface area contributed by atoms with E-state index < -0.39 is 0 Å². The van der Waals surface area contributed by atoms with E-state index in [9.17, 15) is 0 Å². The van der Waals surface area contributed by atoms with Gasteiger partial charge in [-0.1, -0.05) is 20.3 Å². The molecule has 0 aromatic carbocycles. The number of nitrogens with one attached hydrogen (secondary N) is 1. The molecule has 1 atom stereocenters. The number of piperidine rings is 1. The van der Waals surface area contributed by atoms with Gasteiger partial charge in [0.25, 0.3) is 0 Å². The van der Waals surface area contributed by atoms with Crippen molar-refractivity contribution in [1.29, 1.82) is 0 Å². The monoisotopic (exact) mass is 290 g/mol. The quantitative estimate of drug-likeness (QED) is 0.890. The first-order valence-corrected chi connectivity index (χ1v) is 8.08. The number of rotatable bonds is 3. The van der Waals surface area contributed by atoms with Crippen LogP contribution in [-0.4, -0.2) is 34.1 Å². The van der Waals surface area contributed by atoms with Crippen molar-refractivity contribution in [3.05, 3.63) is 0 Å². The van der Waals surface area contributed by atoms with Crippen molar-refractivity contribution in [2.75, 3.05) is 29.0 Å². The summed E-state index contributed by atoms with van der Waals surface area (Å²) in [5.74, 6) is 1.66. The standard InChI is InChI=1S/C15H26N6/c1-15(2)8-6-7-11(15)17-13-18-12(16)19-14(20-13)21-9-4-3-5-10-21/h11H,3-10H2,1-2H3,(H3,16,17,18,19,20). The van der Waals surface area contributed by atoms with Crippen molar-refractivity contribution in [3.63, 3.8) is 0 Å². The van der Waals surface area contributed by atoms with E-state index in [1.165, 1.54) is 32.1 Å². The van der Waals surface area contributed by atoms with Crippen molar-refractivity contribution in [2.24, 2.45) is 5.41 Å². The lowest BCUT2D eigenvalue weighted by Crippen LogP contribution is -2.34. The molecule has 1 aromatic heterocycles. The fourth-order valence-electron chi connectivity index (χ4n) is 3.43. The van der Waals surface area contributed by atoms with Crippen LogP contribution in [0.4, 0.5) is 17.8 Å². The number of hydrogen-bond donors (Lipinski definition) is 2. The van der Waals surface area contributed by atoms with Crippen LogP contribution in [0.5, 0.6) is 0 Å². The molecule has 0 amide bonds. The number of hydrogen-bond acceptors (Lipinski definition) is 6. The van der Waals surface area contributed by atoms with E-state index in [2.05, 4.69) is 39.0 Å². The molecule has 2 aliphatic rings. The molecule has 1 saturated carbocycles. The SMILES string of the molecule is CC1(C)CCCC1Nc1nc(N)nc(N2CCCCC2)n1. The number of nitrogens with two attached hydrogens (primary N) is 1. The molecule has 1 aliphatic carbocycles. The fourth-order valence-corrected chi connectivity index (χ4v) is 3.43. The first-order valence-electron chi connectivity index (χ1n) is 8.08. The number of nitrogens with zero attached hydrogens (tertiary/aromatic N) is 4. The number of aromatic nitrogens is 3. The predicted molar refractivity (Wildman–Crippen MR) is 85.3 cm³/mol. The van der Waals surface area contributed by atoms with Gasteiger partial charge in [0.15, 0.2) is 0 Å². The van der Waals surface area contributed by atoms with Gasteiger partial charge in [0.1, 0.15) is 0 Å². The molecule has 1 saturated heterocycles. The molecule has 6 heteroatoms. The third-order valence-corrected chi connectivity index (χ3v) is 4.84. The van der Waals surface area contributed by atoms with Gasteiger partial charge in [0.05, 0.1) is 0 Å². The second-order valence-electron chi connectivity index (χ2n) is 6.94. The Hall–Kier alpha value is -1.59. The van der Waals surface area contributed by atoms with Crippen LogP contribution in [0.3, 0.4) is 0 Å². The van der Waals surface area contributed by atoms with E-state index in [-0.39, 0.29) is 5.41 Å². The Morgan fingerprint density at radius 2 is 1.86 bits per heavy atom. The first kappa shape index (κ1) is 14.4. The molecule has 3 rings (SSSR count). The summed E-state index contributed by atoms with van der Waals surface area (Å²) in [6, 6.07) is 0.411. The first-order chi connectivity index (χ1) is 10.0. The molecule has 3 N–H and O–H groups in total. The molecule has 0 spiro atoms. The van der Waals surface area contributed by atoms with Gasteiger partial charge >= 0.3 is 0 Å². The summed E-state index contributed by atoms with van der Waals surface area (Å²) >= 11 is 0. The van der Waals surface area contributed by atoms with Crippen LogP contribution in [0.1, 0.15) is 52.4 Å². The van der Waals surface area contributed by atoms with Gasteiger partial charge < -0.3 is 16.0 Å². The van der Waals surface area contributed by atoms with E-state index in [0.29, 0.717) is 17.9 Å². The van der Waals surface area contributed by atoms with Crippen molar-refractivity contribution in [2.45, 2.75) is 58.4 Å². The lowest BCUT2D eigenvalue weighted by atomic mass is 9.87. The van der Waals surface area contributed by atoms with E-state index in [1.807, 2.05) is 0 Å². The summed E-state index contributed by atoms with van der Waals surface area (Å²) in [6.45, 7) is 6.62. The van der Waals surface area contributed by atoms with Gasteiger partial charge in [-0.3, -0.25) is 0 Å². The molecule has 21 heavy (non-hydrogen) atoms. The Kier molecular flexibility index (Phi) is 3.87. The Bertz CT molecular complexity index is 495. The lowest BCUT2D eigenvalue weighted by Gasteiger charge is -2.29. The number of nitrogen functional groups attached to an aromatic ring is 1. The molecule has 1 unspecified atom stereocenters. The fraction of sp³-hybridized carbons (Fsp3) is 0.800. The van der Waals surface area contributed by atoms with E-state index >= 15 is 0 Å². The zero-order valence-corrected chi connectivity index (χ0v) is 13.1. The zero-order chi connectivity index (χ0) is 14.9. The Labute approximate surface area is 126 Å². The normalized spacial score (nSPS) is 25.0. The third-order valence-electron chi connectivity index (χ3n) is 4.84. The van der Waals surface area contributed by atoms with Crippen molar-refractivity contribution in [3.8, 4) is 0 Å². The van der Waals surface area contributed by atoms with Crippen molar-refractivity contribution >= 4 is 17.8 Å². The summed E-state index contributed by atoms with van der Waals surface area (Å²) in [6.07, 6.45) is 7.35. The van der Waals surface area contributed by atoms with Gasteiger partial charge in [-0.2, -0.15) is 15.0 Å².